The molecule has 0 heterocycles. The molecule has 0 saturated carbocycles. The second kappa shape index (κ2) is 6.32. The third-order valence-corrected chi connectivity index (χ3v) is 3.88. The van der Waals surface area contributed by atoms with Crippen molar-refractivity contribution in [1.29, 1.82) is 0 Å². The number of ether oxygens (including phenoxy) is 2. The van der Waals surface area contributed by atoms with Gasteiger partial charge in [-0.3, -0.25) is 9.59 Å². The summed E-state index contributed by atoms with van der Waals surface area (Å²) in [5, 5.41) is 4.14. The maximum atomic E-state index is 11.5. The smallest absolute Gasteiger partial charge is 0.308 e. The first kappa shape index (κ1) is 16.0. The lowest BCUT2D eigenvalue weighted by Gasteiger charge is -2.16. The SMILES string of the molecule is CCc1c(OC(C)=O)c(OC(C)=O)cc2cc3ccccc3cc12. The number of carbonyl (C=O) groups is 2. The Labute approximate surface area is 140 Å². The van der Waals surface area contributed by atoms with Crippen LogP contribution in [0.4, 0.5) is 0 Å². The van der Waals surface area contributed by atoms with Gasteiger partial charge in [-0.2, -0.15) is 0 Å². The summed E-state index contributed by atoms with van der Waals surface area (Å²) in [6, 6.07) is 13.9. The van der Waals surface area contributed by atoms with E-state index in [4.69, 9.17) is 9.47 Å². The molecule has 0 atom stereocenters. The summed E-state index contributed by atoms with van der Waals surface area (Å²) in [5.41, 5.74) is 0.852. The second-order valence-corrected chi connectivity index (χ2v) is 5.64. The first-order valence-corrected chi connectivity index (χ1v) is 7.84. The van der Waals surface area contributed by atoms with Crippen molar-refractivity contribution >= 4 is 33.5 Å². The average molecular weight is 322 g/mol. The van der Waals surface area contributed by atoms with Crippen LogP contribution < -0.4 is 9.47 Å². The Morgan fingerprint density at radius 3 is 2.08 bits per heavy atom. The molecule has 0 radical (unpaired) electrons. The molecule has 0 spiro atoms. The lowest BCUT2D eigenvalue weighted by atomic mass is 9.97. The van der Waals surface area contributed by atoms with Crippen molar-refractivity contribution in [3.63, 3.8) is 0 Å². The lowest BCUT2D eigenvalue weighted by molar-refractivity contribution is -0.134. The van der Waals surface area contributed by atoms with Gasteiger partial charge in [-0.15, -0.1) is 0 Å². The van der Waals surface area contributed by atoms with Crippen LogP contribution in [0.1, 0.15) is 26.3 Å². The van der Waals surface area contributed by atoms with Gasteiger partial charge >= 0.3 is 11.9 Å². The maximum absolute atomic E-state index is 11.5. The predicted molar refractivity (Wildman–Crippen MR) is 93.5 cm³/mol. The van der Waals surface area contributed by atoms with Crippen molar-refractivity contribution in [1.82, 2.24) is 0 Å². The summed E-state index contributed by atoms with van der Waals surface area (Å²) in [7, 11) is 0. The largest absolute Gasteiger partial charge is 0.423 e. The van der Waals surface area contributed by atoms with E-state index in [1.165, 1.54) is 13.8 Å². The van der Waals surface area contributed by atoms with Gasteiger partial charge < -0.3 is 9.47 Å². The molecule has 0 aliphatic heterocycles. The Hall–Kier alpha value is -2.88. The molecule has 24 heavy (non-hydrogen) atoms. The number of hydrogen-bond donors (Lipinski definition) is 0. The molecule has 4 heteroatoms. The number of fused-ring (bicyclic) bond motifs is 2. The minimum absolute atomic E-state index is 0.275. The van der Waals surface area contributed by atoms with Crippen LogP contribution in [-0.2, 0) is 16.0 Å². The van der Waals surface area contributed by atoms with Crippen molar-refractivity contribution in [2.75, 3.05) is 0 Å². The van der Waals surface area contributed by atoms with E-state index in [0.717, 1.165) is 27.1 Å². The molecule has 0 fully saturated rings. The number of carbonyl (C=O) groups excluding carboxylic acids is 2. The zero-order valence-electron chi connectivity index (χ0n) is 13.9. The zero-order chi connectivity index (χ0) is 17.3. The standard InChI is InChI=1S/C20H18O4/c1-4-17-18-10-15-8-6-5-7-14(15)9-16(18)11-19(23-12(2)21)20(17)24-13(3)22/h5-11H,4H2,1-3H3. The molecule has 0 aliphatic carbocycles. The Kier molecular flexibility index (Phi) is 4.21. The molecule has 0 aromatic heterocycles. The van der Waals surface area contributed by atoms with Crippen molar-refractivity contribution in [2.24, 2.45) is 0 Å². The summed E-state index contributed by atoms with van der Waals surface area (Å²) in [6.45, 7) is 4.64. The van der Waals surface area contributed by atoms with Crippen LogP contribution in [0, 0.1) is 0 Å². The highest BCUT2D eigenvalue weighted by Gasteiger charge is 2.18. The Morgan fingerprint density at radius 2 is 1.50 bits per heavy atom. The van der Waals surface area contributed by atoms with Gasteiger partial charge in [0.1, 0.15) is 0 Å². The molecule has 0 N–H and O–H groups in total. The van der Waals surface area contributed by atoms with Crippen LogP contribution in [0.15, 0.2) is 42.5 Å². The summed E-state index contributed by atoms with van der Waals surface area (Å²) in [4.78, 5) is 22.9. The summed E-state index contributed by atoms with van der Waals surface area (Å²) in [5.74, 6) is -0.302. The second-order valence-electron chi connectivity index (χ2n) is 5.64. The first-order valence-electron chi connectivity index (χ1n) is 7.84. The number of aryl methyl sites for hydroxylation is 1. The van der Waals surface area contributed by atoms with E-state index in [-0.39, 0.29) is 5.75 Å². The predicted octanol–water partition coefficient (Wildman–Crippen LogP) is 4.41. The highest BCUT2D eigenvalue weighted by molar-refractivity contribution is 6.02. The fraction of sp³-hybridized carbons (Fsp3) is 0.200. The van der Waals surface area contributed by atoms with Crippen LogP contribution >= 0.6 is 0 Å². The molecule has 3 aromatic rings. The topological polar surface area (TPSA) is 52.6 Å². The van der Waals surface area contributed by atoms with E-state index in [1.807, 2.05) is 37.3 Å². The molecular formula is C20H18O4. The van der Waals surface area contributed by atoms with Gasteiger partial charge in [0.15, 0.2) is 11.5 Å². The highest BCUT2D eigenvalue weighted by atomic mass is 16.6. The van der Waals surface area contributed by atoms with Gasteiger partial charge in [-0.25, -0.2) is 0 Å². The molecule has 0 bridgehead atoms. The Bertz CT molecular complexity index is 957. The first-order chi connectivity index (χ1) is 11.5. The minimum atomic E-state index is -0.453. The minimum Gasteiger partial charge on any atom is -0.423 e. The molecule has 3 rings (SSSR count). The summed E-state index contributed by atoms with van der Waals surface area (Å²) < 4.78 is 10.7. The van der Waals surface area contributed by atoms with Crippen LogP contribution in [-0.4, -0.2) is 11.9 Å². The molecule has 0 aliphatic rings. The fourth-order valence-electron chi connectivity index (χ4n) is 2.95. The maximum Gasteiger partial charge on any atom is 0.308 e. The van der Waals surface area contributed by atoms with Gasteiger partial charge in [0.05, 0.1) is 0 Å². The van der Waals surface area contributed by atoms with E-state index < -0.39 is 11.9 Å². The van der Waals surface area contributed by atoms with Crippen molar-refractivity contribution in [2.45, 2.75) is 27.2 Å². The Balaban J connectivity index is 2.36. The monoisotopic (exact) mass is 322 g/mol. The van der Waals surface area contributed by atoms with Crippen molar-refractivity contribution in [3.8, 4) is 11.5 Å². The average Bonchev–Trinajstić information content (AvgIpc) is 2.53. The normalized spacial score (nSPS) is 10.8. The molecule has 0 amide bonds. The van der Waals surface area contributed by atoms with Crippen LogP contribution in [0.5, 0.6) is 11.5 Å². The number of hydrogen-bond acceptors (Lipinski definition) is 4. The molecule has 122 valence electrons. The van der Waals surface area contributed by atoms with Crippen LogP contribution in [0.3, 0.4) is 0 Å². The number of benzene rings is 3. The van der Waals surface area contributed by atoms with E-state index in [1.54, 1.807) is 6.07 Å². The summed E-state index contributed by atoms with van der Waals surface area (Å²) in [6.07, 6.45) is 0.645. The van der Waals surface area contributed by atoms with Gasteiger partial charge in [-0.1, -0.05) is 31.2 Å². The molecule has 3 aromatic carbocycles. The van der Waals surface area contributed by atoms with Crippen LogP contribution in [0.25, 0.3) is 21.5 Å². The van der Waals surface area contributed by atoms with E-state index in [0.29, 0.717) is 12.2 Å². The quantitative estimate of drug-likeness (QED) is 0.407. The lowest BCUT2D eigenvalue weighted by Crippen LogP contribution is -2.09. The third-order valence-electron chi connectivity index (χ3n) is 3.88. The molecule has 4 nitrogen and oxygen atoms in total. The number of esters is 2. The highest BCUT2D eigenvalue weighted by Crippen LogP contribution is 2.40. The Morgan fingerprint density at radius 1 is 0.875 bits per heavy atom. The van der Waals surface area contributed by atoms with Crippen LogP contribution in [0.2, 0.25) is 0 Å². The van der Waals surface area contributed by atoms with E-state index >= 15 is 0 Å². The summed E-state index contributed by atoms with van der Waals surface area (Å²) >= 11 is 0. The van der Waals surface area contributed by atoms with E-state index in [9.17, 15) is 9.59 Å². The van der Waals surface area contributed by atoms with Crippen molar-refractivity contribution < 1.29 is 19.1 Å². The molecular weight excluding hydrogens is 304 g/mol. The van der Waals surface area contributed by atoms with Gasteiger partial charge in [0.2, 0.25) is 0 Å². The molecule has 0 unspecified atom stereocenters. The third kappa shape index (κ3) is 2.95. The zero-order valence-corrected chi connectivity index (χ0v) is 13.9. The van der Waals surface area contributed by atoms with E-state index in [2.05, 4.69) is 6.07 Å². The van der Waals surface area contributed by atoms with Gasteiger partial charge in [-0.05, 0) is 46.2 Å². The number of rotatable bonds is 3. The van der Waals surface area contributed by atoms with Gasteiger partial charge in [0, 0.05) is 19.4 Å². The van der Waals surface area contributed by atoms with Crippen molar-refractivity contribution in [3.05, 3.63) is 48.0 Å². The van der Waals surface area contributed by atoms with Gasteiger partial charge in [0.25, 0.3) is 0 Å². The molecule has 0 saturated heterocycles. The fourth-order valence-corrected chi connectivity index (χ4v) is 2.95.